The molecule has 14 heteroatoms. The van der Waals surface area contributed by atoms with Gasteiger partial charge in [0.1, 0.15) is 9.49 Å². The molecule has 0 aromatic carbocycles. The molecule has 0 aliphatic heterocycles. The van der Waals surface area contributed by atoms with Gasteiger partial charge in [0.15, 0.2) is 19.7 Å². The molecule has 12 nitrogen and oxygen atoms in total. The normalized spacial score (nSPS) is 12.9. The lowest BCUT2D eigenvalue weighted by atomic mass is 10.2. The summed E-state index contributed by atoms with van der Waals surface area (Å²) in [6.07, 6.45) is 2.81. The minimum absolute atomic E-state index is 0.745. The van der Waals surface area contributed by atoms with Crippen LogP contribution < -0.4 is 10.6 Å². The average Bonchev–Trinajstić information content (AvgIpc) is 2.52. The summed E-state index contributed by atoms with van der Waals surface area (Å²) in [7, 11) is -3.79. The molecule has 0 fully saturated rings. The van der Waals surface area contributed by atoms with Crippen LogP contribution in [0.25, 0.3) is 0 Å². The summed E-state index contributed by atoms with van der Waals surface area (Å²) >= 11 is 0. The zero-order chi connectivity index (χ0) is 22.8. The molecule has 0 aromatic rings. The van der Waals surface area contributed by atoms with Crippen molar-refractivity contribution in [2.75, 3.05) is 26.6 Å². The molecule has 0 radical (unpaired) electrons. The number of nitrogens with zero attached hydrogens (tertiary/aromatic N) is 2. The number of sulfone groups is 2. The van der Waals surface area contributed by atoms with Crippen molar-refractivity contribution in [2.45, 2.75) is 37.2 Å². The molecule has 0 aliphatic carbocycles. The second-order valence-corrected chi connectivity index (χ2v) is 11.7. The highest BCUT2D eigenvalue weighted by Crippen LogP contribution is 2.12. The zero-order valence-electron chi connectivity index (χ0n) is 17.1. The van der Waals surface area contributed by atoms with Crippen LogP contribution in [0.1, 0.15) is 27.7 Å². The van der Waals surface area contributed by atoms with Crippen LogP contribution in [0.15, 0.2) is 10.3 Å². The summed E-state index contributed by atoms with van der Waals surface area (Å²) in [6, 6.07) is 0. The smallest absolute Gasteiger partial charge is 0.323 e. The molecule has 28 heavy (non-hydrogen) atoms. The molecule has 0 heterocycles. The summed E-state index contributed by atoms with van der Waals surface area (Å²) in [5, 5.41) is 10.9. The Kier molecular flexibility index (Phi) is 10.9. The van der Waals surface area contributed by atoms with Crippen LogP contribution in [0.4, 0.5) is 9.59 Å². The van der Waals surface area contributed by atoms with E-state index in [4.69, 9.17) is 0 Å². The first-order chi connectivity index (χ1) is 12.4. The van der Waals surface area contributed by atoms with Crippen LogP contribution >= 0.6 is 0 Å². The Hall–Kier alpha value is -2.22. The maximum Gasteiger partial charge on any atom is 0.433 e. The van der Waals surface area contributed by atoms with Crippen LogP contribution in [0, 0.1) is 0 Å². The van der Waals surface area contributed by atoms with Gasteiger partial charge in [-0.15, -0.1) is 0 Å². The van der Waals surface area contributed by atoms with Gasteiger partial charge in [0.05, 0.1) is 12.4 Å². The maximum atomic E-state index is 11.2. The number of nitrogens with one attached hydrogen (secondary N) is 2. The predicted molar refractivity (Wildman–Crippen MR) is 106 cm³/mol. The second-order valence-electron chi connectivity index (χ2n) is 6.48. The van der Waals surface area contributed by atoms with Crippen LogP contribution in [-0.2, 0) is 29.3 Å². The first-order valence-electron chi connectivity index (χ1n) is 7.67. The number of oxime groups is 2. The minimum atomic E-state index is -3.27. The van der Waals surface area contributed by atoms with Gasteiger partial charge in [0, 0.05) is 26.6 Å². The largest absolute Gasteiger partial charge is 0.433 e. The number of carbonyl (C=O) groups is 2. The van der Waals surface area contributed by atoms with E-state index in [1.165, 1.54) is 41.8 Å². The molecule has 164 valence electrons. The van der Waals surface area contributed by atoms with Crippen molar-refractivity contribution in [3.05, 3.63) is 0 Å². The summed E-state index contributed by atoms with van der Waals surface area (Å²) < 4.78 is 42.3. The van der Waals surface area contributed by atoms with Crippen molar-refractivity contribution in [3.8, 4) is 0 Å². The maximum absolute atomic E-state index is 11.2. The summed E-state index contributed by atoms with van der Waals surface area (Å²) in [5.74, 6) is 0. The molecular formula is C14H28N4O8S2. The monoisotopic (exact) mass is 444 g/mol. The van der Waals surface area contributed by atoms with Gasteiger partial charge in [-0.25, -0.2) is 26.4 Å². The van der Waals surface area contributed by atoms with E-state index >= 15 is 0 Å². The lowest BCUT2D eigenvalue weighted by molar-refractivity contribution is 0.152. The third-order valence-electron chi connectivity index (χ3n) is 3.32. The number of hydrogen-bond acceptors (Lipinski definition) is 10. The summed E-state index contributed by atoms with van der Waals surface area (Å²) in [4.78, 5) is 29.7. The zero-order valence-corrected chi connectivity index (χ0v) is 18.8. The second kappa shape index (κ2) is 10.9. The quantitative estimate of drug-likeness (QED) is 0.335. The van der Waals surface area contributed by atoms with Crippen molar-refractivity contribution in [2.24, 2.45) is 10.3 Å². The SMILES string of the molecule is CNC(=O)O/N=C/C(C)(C)S(C)(=O)=O.CNC(=O)O/N=C/C(C)(C)S(C)(=O)=O. The van der Waals surface area contributed by atoms with Gasteiger partial charge in [-0.2, -0.15) is 0 Å². The molecule has 0 spiro atoms. The first kappa shape index (κ1) is 28.0. The van der Waals surface area contributed by atoms with Gasteiger partial charge in [-0.05, 0) is 27.7 Å². The van der Waals surface area contributed by atoms with E-state index in [9.17, 15) is 26.4 Å². The highest BCUT2D eigenvalue weighted by Gasteiger charge is 2.29. The number of amides is 2. The highest BCUT2D eigenvalue weighted by atomic mass is 32.2. The number of hydrogen-bond donors (Lipinski definition) is 2. The van der Waals surface area contributed by atoms with E-state index in [1.807, 2.05) is 0 Å². The Labute approximate surface area is 165 Å². The van der Waals surface area contributed by atoms with E-state index in [2.05, 4.69) is 30.6 Å². The Morgan fingerprint density at radius 3 is 1.18 bits per heavy atom. The van der Waals surface area contributed by atoms with E-state index in [0.717, 1.165) is 24.9 Å². The third kappa shape index (κ3) is 10.8. The third-order valence-corrected chi connectivity index (χ3v) is 7.35. The van der Waals surface area contributed by atoms with Crippen LogP contribution in [0.2, 0.25) is 0 Å². The molecule has 0 rings (SSSR count). The molecule has 2 N–H and O–H groups in total. The van der Waals surface area contributed by atoms with Gasteiger partial charge in [-0.3, -0.25) is 9.68 Å². The fourth-order valence-electron chi connectivity index (χ4n) is 0.685. The highest BCUT2D eigenvalue weighted by molar-refractivity contribution is 7.93. The van der Waals surface area contributed by atoms with Crippen molar-refractivity contribution in [1.29, 1.82) is 0 Å². The van der Waals surface area contributed by atoms with Gasteiger partial charge in [0.2, 0.25) is 0 Å². The van der Waals surface area contributed by atoms with Gasteiger partial charge in [-0.1, -0.05) is 10.3 Å². The van der Waals surface area contributed by atoms with Crippen LogP contribution in [0.5, 0.6) is 0 Å². The summed E-state index contributed by atoms with van der Waals surface area (Å²) in [5.41, 5.74) is 0. The predicted octanol–water partition coefficient (Wildman–Crippen LogP) is 0.303. The molecule has 0 aliphatic rings. The minimum Gasteiger partial charge on any atom is -0.323 e. The van der Waals surface area contributed by atoms with E-state index in [1.54, 1.807) is 0 Å². The lowest BCUT2D eigenvalue weighted by Crippen LogP contribution is -2.32. The molecule has 0 aromatic heterocycles. The Balaban J connectivity index is 0. The molecular weight excluding hydrogens is 416 g/mol. The van der Waals surface area contributed by atoms with E-state index < -0.39 is 41.4 Å². The van der Waals surface area contributed by atoms with Gasteiger partial charge in [0.25, 0.3) is 0 Å². The van der Waals surface area contributed by atoms with Crippen molar-refractivity contribution in [3.63, 3.8) is 0 Å². The first-order valence-corrected chi connectivity index (χ1v) is 11.4. The van der Waals surface area contributed by atoms with Gasteiger partial charge < -0.3 is 10.6 Å². The molecule has 2 amide bonds. The fourth-order valence-corrected chi connectivity index (χ4v) is 1.15. The van der Waals surface area contributed by atoms with Crippen LogP contribution in [0.3, 0.4) is 0 Å². The van der Waals surface area contributed by atoms with Crippen molar-refractivity contribution >= 4 is 44.3 Å². The Morgan fingerprint density at radius 2 is 1.00 bits per heavy atom. The van der Waals surface area contributed by atoms with E-state index in [-0.39, 0.29) is 0 Å². The van der Waals surface area contributed by atoms with Crippen molar-refractivity contribution in [1.82, 2.24) is 10.6 Å². The summed E-state index contributed by atoms with van der Waals surface area (Å²) in [6.45, 7) is 5.83. The number of carbonyl (C=O) groups excluding carboxylic acids is 2. The Morgan fingerprint density at radius 1 is 0.750 bits per heavy atom. The number of rotatable bonds is 6. The molecule has 0 bridgehead atoms. The molecule has 0 unspecified atom stereocenters. The molecule has 0 atom stereocenters. The Bertz CT molecular complexity index is 731. The fraction of sp³-hybridized carbons (Fsp3) is 0.714. The average molecular weight is 445 g/mol. The topological polar surface area (TPSA) is 170 Å². The molecule has 0 saturated heterocycles. The van der Waals surface area contributed by atoms with Crippen molar-refractivity contribution < 1.29 is 36.1 Å². The van der Waals surface area contributed by atoms with E-state index in [0.29, 0.717) is 0 Å². The van der Waals surface area contributed by atoms with Crippen LogP contribution in [-0.4, -0.2) is 77.6 Å². The molecule has 0 saturated carbocycles. The lowest BCUT2D eigenvalue weighted by Gasteiger charge is -2.15. The van der Waals surface area contributed by atoms with Gasteiger partial charge >= 0.3 is 12.2 Å². The standard InChI is InChI=1S/2C7H14N2O4S/c2*1-7(2,14(4,11)12)5-9-13-6(10)8-3/h2*5H,1-4H3,(H,8,10)/b2*9-5+.